The minimum atomic E-state index is 0.641. The van der Waals surface area contributed by atoms with Gasteiger partial charge in [0, 0.05) is 11.8 Å². The first-order valence-corrected chi connectivity index (χ1v) is 8.30. The van der Waals surface area contributed by atoms with Crippen molar-refractivity contribution < 1.29 is 0 Å². The second-order valence-electron chi connectivity index (χ2n) is 4.70. The molecule has 5 nitrogen and oxygen atoms in total. The first kappa shape index (κ1) is 13.1. The molecule has 0 bridgehead atoms. The van der Waals surface area contributed by atoms with Crippen LogP contribution in [0.2, 0.25) is 0 Å². The second-order valence-corrected chi connectivity index (χ2v) is 6.75. The SMILES string of the molecule is CN(Cc1nc(NN)c2ccsc2n1)C1CCSC1. The molecular formula is C12H17N5S2. The molecule has 1 saturated heterocycles. The molecule has 1 unspecified atom stereocenters. The third-order valence-electron chi connectivity index (χ3n) is 3.43. The van der Waals surface area contributed by atoms with Gasteiger partial charge in [-0.2, -0.15) is 11.8 Å². The van der Waals surface area contributed by atoms with E-state index in [2.05, 4.69) is 27.3 Å². The van der Waals surface area contributed by atoms with E-state index in [0.29, 0.717) is 6.04 Å². The molecule has 0 aliphatic carbocycles. The van der Waals surface area contributed by atoms with Crippen LogP contribution < -0.4 is 11.3 Å². The fraction of sp³-hybridized carbons (Fsp3) is 0.500. The Morgan fingerprint density at radius 1 is 1.53 bits per heavy atom. The van der Waals surface area contributed by atoms with Crippen molar-refractivity contribution in [2.75, 3.05) is 24.0 Å². The average molecular weight is 295 g/mol. The average Bonchev–Trinajstić information content (AvgIpc) is 3.08. The Labute approximate surface area is 120 Å². The van der Waals surface area contributed by atoms with Gasteiger partial charge in [-0.15, -0.1) is 11.3 Å². The van der Waals surface area contributed by atoms with E-state index in [0.717, 1.165) is 28.4 Å². The van der Waals surface area contributed by atoms with Crippen LogP contribution in [-0.2, 0) is 6.54 Å². The maximum absolute atomic E-state index is 5.54. The quantitative estimate of drug-likeness (QED) is 0.663. The Kier molecular flexibility index (Phi) is 3.88. The number of nitrogens with one attached hydrogen (secondary N) is 1. The van der Waals surface area contributed by atoms with Crippen LogP contribution in [0.3, 0.4) is 0 Å². The van der Waals surface area contributed by atoms with E-state index in [1.54, 1.807) is 11.3 Å². The van der Waals surface area contributed by atoms with Gasteiger partial charge in [0.05, 0.1) is 11.9 Å². The summed E-state index contributed by atoms with van der Waals surface area (Å²) in [7, 11) is 2.15. The molecule has 102 valence electrons. The molecule has 1 atom stereocenters. The maximum Gasteiger partial charge on any atom is 0.152 e. The molecule has 3 N–H and O–H groups in total. The Balaban J connectivity index is 1.83. The number of aromatic nitrogens is 2. The van der Waals surface area contributed by atoms with Crippen molar-refractivity contribution in [3.8, 4) is 0 Å². The lowest BCUT2D eigenvalue weighted by atomic mass is 10.2. The summed E-state index contributed by atoms with van der Waals surface area (Å²) in [4.78, 5) is 12.5. The van der Waals surface area contributed by atoms with Gasteiger partial charge < -0.3 is 5.43 Å². The van der Waals surface area contributed by atoms with E-state index in [4.69, 9.17) is 5.84 Å². The summed E-state index contributed by atoms with van der Waals surface area (Å²) >= 11 is 3.64. The number of nitrogens with two attached hydrogens (primary N) is 1. The highest BCUT2D eigenvalue weighted by molar-refractivity contribution is 7.99. The highest BCUT2D eigenvalue weighted by Crippen LogP contribution is 2.26. The van der Waals surface area contributed by atoms with Gasteiger partial charge >= 0.3 is 0 Å². The summed E-state index contributed by atoms with van der Waals surface area (Å²) in [6, 6.07) is 2.64. The summed E-state index contributed by atoms with van der Waals surface area (Å²) in [5, 5.41) is 3.01. The van der Waals surface area contributed by atoms with Gasteiger partial charge in [-0.3, -0.25) is 4.90 Å². The van der Waals surface area contributed by atoms with Gasteiger partial charge in [-0.25, -0.2) is 15.8 Å². The lowest BCUT2D eigenvalue weighted by Gasteiger charge is -2.22. The number of hydrazine groups is 1. The molecule has 2 aromatic heterocycles. The Hall–Kier alpha value is -0.890. The van der Waals surface area contributed by atoms with E-state index >= 15 is 0 Å². The molecule has 3 rings (SSSR count). The minimum Gasteiger partial charge on any atom is -0.308 e. The number of fused-ring (bicyclic) bond motifs is 1. The van der Waals surface area contributed by atoms with Crippen molar-refractivity contribution >= 4 is 39.1 Å². The third-order valence-corrected chi connectivity index (χ3v) is 5.38. The van der Waals surface area contributed by atoms with E-state index in [1.165, 1.54) is 17.9 Å². The van der Waals surface area contributed by atoms with Gasteiger partial charge in [-0.05, 0) is 30.7 Å². The maximum atomic E-state index is 5.54. The molecule has 0 saturated carbocycles. The molecule has 19 heavy (non-hydrogen) atoms. The summed E-state index contributed by atoms with van der Waals surface area (Å²) < 4.78 is 0. The normalized spacial score (nSPS) is 19.4. The molecule has 0 aromatic carbocycles. The van der Waals surface area contributed by atoms with E-state index in [9.17, 15) is 0 Å². The monoisotopic (exact) mass is 295 g/mol. The zero-order valence-electron chi connectivity index (χ0n) is 10.8. The van der Waals surface area contributed by atoms with Crippen molar-refractivity contribution in [2.45, 2.75) is 19.0 Å². The number of anilines is 1. The zero-order chi connectivity index (χ0) is 13.2. The number of rotatable bonds is 4. The predicted octanol–water partition coefficient (Wildman–Crippen LogP) is 1.91. The predicted molar refractivity (Wildman–Crippen MR) is 82.4 cm³/mol. The molecule has 1 fully saturated rings. The zero-order valence-corrected chi connectivity index (χ0v) is 12.4. The summed E-state index contributed by atoms with van der Waals surface area (Å²) in [6.07, 6.45) is 1.25. The van der Waals surface area contributed by atoms with E-state index in [-0.39, 0.29) is 0 Å². The molecule has 3 heterocycles. The summed E-state index contributed by atoms with van der Waals surface area (Å²) in [5.74, 6) is 9.57. The molecule has 0 radical (unpaired) electrons. The van der Waals surface area contributed by atoms with E-state index < -0.39 is 0 Å². The first-order valence-electron chi connectivity index (χ1n) is 6.26. The summed E-state index contributed by atoms with van der Waals surface area (Å²) in [5.41, 5.74) is 2.67. The lowest BCUT2D eigenvalue weighted by Crippen LogP contribution is -2.31. The van der Waals surface area contributed by atoms with Crippen molar-refractivity contribution in [1.29, 1.82) is 0 Å². The van der Waals surface area contributed by atoms with Crippen molar-refractivity contribution in [3.63, 3.8) is 0 Å². The minimum absolute atomic E-state index is 0.641. The number of hydrogen-bond acceptors (Lipinski definition) is 7. The highest BCUT2D eigenvalue weighted by atomic mass is 32.2. The number of nitrogens with zero attached hydrogens (tertiary/aromatic N) is 3. The van der Waals surface area contributed by atoms with Gasteiger partial charge in [-0.1, -0.05) is 0 Å². The van der Waals surface area contributed by atoms with Crippen LogP contribution in [0, 0.1) is 0 Å². The molecule has 0 amide bonds. The topological polar surface area (TPSA) is 67.1 Å². The van der Waals surface area contributed by atoms with Crippen molar-refractivity contribution in [1.82, 2.24) is 14.9 Å². The Bertz CT molecular complexity index is 564. The largest absolute Gasteiger partial charge is 0.308 e. The number of thioether (sulfide) groups is 1. The highest BCUT2D eigenvalue weighted by Gasteiger charge is 2.21. The van der Waals surface area contributed by atoms with Crippen LogP contribution in [0.4, 0.5) is 5.82 Å². The van der Waals surface area contributed by atoms with Gasteiger partial charge in [0.1, 0.15) is 10.7 Å². The van der Waals surface area contributed by atoms with Crippen LogP contribution in [0.25, 0.3) is 10.2 Å². The molecular weight excluding hydrogens is 278 g/mol. The molecule has 2 aromatic rings. The third kappa shape index (κ3) is 2.69. The van der Waals surface area contributed by atoms with E-state index in [1.807, 2.05) is 23.2 Å². The summed E-state index contributed by atoms with van der Waals surface area (Å²) in [6.45, 7) is 0.772. The fourth-order valence-corrected chi connectivity index (χ4v) is 4.38. The smallest absolute Gasteiger partial charge is 0.152 e. The number of nitrogen functional groups attached to an aromatic ring is 1. The Morgan fingerprint density at radius 3 is 3.16 bits per heavy atom. The molecule has 7 heteroatoms. The van der Waals surface area contributed by atoms with Gasteiger partial charge in [0.15, 0.2) is 5.82 Å². The number of hydrogen-bond donors (Lipinski definition) is 2. The molecule has 1 aliphatic rings. The van der Waals surface area contributed by atoms with Crippen LogP contribution in [0.1, 0.15) is 12.2 Å². The lowest BCUT2D eigenvalue weighted by molar-refractivity contribution is 0.249. The van der Waals surface area contributed by atoms with Crippen LogP contribution in [0.5, 0.6) is 0 Å². The van der Waals surface area contributed by atoms with Crippen LogP contribution in [-0.4, -0.2) is 39.5 Å². The van der Waals surface area contributed by atoms with Gasteiger partial charge in [0.25, 0.3) is 0 Å². The standard InChI is InChI=1S/C12H17N5S2/c1-17(8-2-4-18-7-8)6-10-14-11(16-13)9-3-5-19-12(9)15-10/h3,5,8H,2,4,6-7,13H2,1H3,(H,14,15,16). The van der Waals surface area contributed by atoms with Crippen molar-refractivity contribution in [2.24, 2.45) is 5.84 Å². The number of thiophene rings is 1. The van der Waals surface area contributed by atoms with Crippen LogP contribution in [0.15, 0.2) is 11.4 Å². The van der Waals surface area contributed by atoms with Crippen molar-refractivity contribution in [3.05, 3.63) is 17.3 Å². The first-order chi connectivity index (χ1) is 9.28. The molecule has 0 spiro atoms. The molecule has 1 aliphatic heterocycles. The fourth-order valence-electron chi connectivity index (χ4n) is 2.30. The van der Waals surface area contributed by atoms with Gasteiger partial charge in [0.2, 0.25) is 0 Å². The van der Waals surface area contributed by atoms with Crippen LogP contribution >= 0.6 is 23.1 Å². The Morgan fingerprint density at radius 2 is 2.42 bits per heavy atom. The second kappa shape index (κ2) is 5.62.